The number of benzene rings is 2. The summed E-state index contributed by atoms with van der Waals surface area (Å²) in [6, 6.07) is 12.6. The van der Waals surface area contributed by atoms with Crippen LogP contribution in [0.3, 0.4) is 0 Å². The molecule has 2 aromatic rings. The molecule has 1 aliphatic heterocycles. The van der Waals surface area contributed by atoms with E-state index in [2.05, 4.69) is 0 Å². The molecule has 0 fully saturated rings. The van der Waals surface area contributed by atoms with E-state index in [9.17, 15) is 12.8 Å². The Hall–Kier alpha value is -1.88. The maximum absolute atomic E-state index is 13.3. The van der Waals surface area contributed by atoms with Crippen LogP contribution in [0.15, 0.2) is 53.4 Å². The van der Waals surface area contributed by atoms with Gasteiger partial charge in [0.05, 0.1) is 10.6 Å². The second kappa shape index (κ2) is 4.90. The Morgan fingerprint density at radius 1 is 1.05 bits per heavy atom. The van der Waals surface area contributed by atoms with Crippen LogP contribution in [0.4, 0.5) is 10.1 Å². The number of hydrogen-bond acceptors (Lipinski definition) is 2. The van der Waals surface area contributed by atoms with Gasteiger partial charge in [0.2, 0.25) is 0 Å². The van der Waals surface area contributed by atoms with E-state index in [1.54, 1.807) is 36.4 Å². The lowest BCUT2D eigenvalue weighted by Gasteiger charge is -2.30. The highest BCUT2D eigenvalue weighted by molar-refractivity contribution is 7.92. The smallest absolute Gasteiger partial charge is 0.264 e. The van der Waals surface area contributed by atoms with Crippen LogP contribution in [0.1, 0.15) is 12.0 Å². The Labute approximate surface area is 117 Å². The van der Waals surface area contributed by atoms with Crippen molar-refractivity contribution >= 4 is 15.7 Å². The first-order chi connectivity index (χ1) is 9.59. The topological polar surface area (TPSA) is 37.4 Å². The molecule has 1 aliphatic rings. The number of sulfonamides is 1. The van der Waals surface area contributed by atoms with Gasteiger partial charge in [-0.05, 0) is 48.7 Å². The number of nitrogens with zero attached hydrogens (tertiary/aromatic N) is 1. The maximum Gasteiger partial charge on any atom is 0.264 e. The van der Waals surface area contributed by atoms with Crippen LogP contribution < -0.4 is 4.31 Å². The minimum absolute atomic E-state index is 0.261. The summed E-state index contributed by atoms with van der Waals surface area (Å²) in [6.45, 7) is 0.426. The third kappa shape index (κ3) is 2.18. The Kier molecular flexibility index (Phi) is 3.22. The maximum atomic E-state index is 13.3. The Bertz CT molecular complexity index is 729. The van der Waals surface area contributed by atoms with Gasteiger partial charge < -0.3 is 0 Å². The minimum atomic E-state index is -3.58. The van der Waals surface area contributed by atoms with E-state index in [0.717, 1.165) is 5.56 Å². The molecule has 0 saturated heterocycles. The first-order valence-electron chi connectivity index (χ1n) is 6.45. The summed E-state index contributed by atoms with van der Waals surface area (Å²) in [5, 5.41) is 0. The third-order valence-corrected chi connectivity index (χ3v) is 5.28. The number of rotatable bonds is 2. The van der Waals surface area contributed by atoms with Gasteiger partial charge in [0, 0.05) is 6.54 Å². The summed E-state index contributed by atoms with van der Waals surface area (Å²) in [7, 11) is -3.58. The molecule has 0 radical (unpaired) electrons. The fraction of sp³-hybridized carbons (Fsp3) is 0.200. The predicted molar refractivity (Wildman–Crippen MR) is 75.7 cm³/mol. The molecule has 2 aromatic carbocycles. The number of hydrogen-bond donors (Lipinski definition) is 0. The molecular weight excluding hydrogens is 277 g/mol. The van der Waals surface area contributed by atoms with Crippen molar-refractivity contribution in [2.45, 2.75) is 17.7 Å². The Balaban J connectivity index is 2.09. The van der Waals surface area contributed by atoms with E-state index >= 15 is 0 Å². The normalized spacial score (nSPS) is 14.9. The van der Waals surface area contributed by atoms with Gasteiger partial charge in [0.1, 0.15) is 5.82 Å². The minimum Gasteiger partial charge on any atom is -0.266 e. The van der Waals surface area contributed by atoms with E-state index in [0.29, 0.717) is 25.1 Å². The molecule has 0 N–H and O–H groups in total. The monoisotopic (exact) mass is 291 g/mol. The zero-order valence-electron chi connectivity index (χ0n) is 10.8. The highest BCUT2D eigenvalue weighted by Crippen LogP contribution is 2.32. The van der Waals surface area contributed by atoms with Crippen molar-refractivity contribution < 1.29 is 12.8 Å². The SMILES string of the molecule is O=S(=O)(c1ccccc1)N1CCCc2cc(F)ccc21. The first kappa shape index (κ1) is 13.1. The molecule has 0 amide bonds. The molecule has 0 aromatic heterocycles. The molecule has 0 spiro atoms. The summed E-state index contributed by atoms with van der Waals surface area (Å²) < 4.78 is 40.0. The van der Waals surface area contributed by atoms with Crippen molar-refractivity contribution in [2.24, 2.45) is 0 Å². The van der Waals surface area contributed by atoms with Crippen molar-refractivity contribution in [3.8, 4) is 0 Å². The molecule has 104 valence electrons. The molecule has 0 bridgehead atoms. The number of halogens is 1. The van der Waals surface area contributed by atoms with E-state index in [1.807, 2.05) is 0 Å². The van der Waals surface area contributed by atoms with Crippen LogP contribution in [0, 0.1) is 5.82 Å². The quantitative estimate of drug-likeness (QED) is 0.853. The van der Waals surface area contributed by atoms with Crippen molar-refractivity contribution in [2.75, 3.05) is 10.8 Å². The molecule has 3 nitrogen and oxygen atoms in total. The van der Waals surface area contributed by atoms with Crippen molar-refractivity contribution in [3.63, 3.8) is 0 Å². The molecule has 0 atom stereocenters. The van der Waals surface area contributed by atoms with Gasteiger partial charge in [-0.2, -0.15) is 0 Å². The molecular formula is C15H14FNO2S. The average Bonchev–Trinajstić information content (AvgIpc) is 2.47. The summed E-state index contributed by atoms with van der Waals surface area (Å²) >= 11 is 0. The summed E-state index contributed by atoms with van der Waals surface area (Å²) in [5.74, 6) is -0.331. The molecule has 5 heteroatoms. The van der Waals surface area contributed by atoms with Gasteiger partial charge in [-0.1, -0.05) is 18.2 Å². The van der Waals surface area contributed by atoms with Crippen LogP contribution in [0.2, 0.25) is 0 Å². The summed E-state index contributed by atoms with van der Waals surface area (Å²) in [5.41, 5.74) is 1.33. The first-order valence-corrected chi connectivity index (χ1v) is 7.89. The van der Waals surface area contributed by atoms with Crippen LogP contribution in [-0.4, -0.2) is 15.0 Å². The molecule has 0 unspecified atom stereocenters. The Morgan fingerprint density at radius 2 is 1.80 bits per heavy atom. The highest BCUT2D eigenvalue weighted by atomic mass is 32.2. The molecule has 0 saturated carbocycles. The lowest BCUT2D eigenvalue weighted by atomic mass is 10.0. The zero-order chi connectivity index (χ0) is 14.2. The van der Waals surface area contributed by atoms with Crippen LogP contribution in [0.5, 0.6) is 0 Å². The van der Waals surface area contributed by atoms with Gasteiger partial charge in [0.25, 0.3) is 10.0 Å². The van der Waals surface area contributed by atoms with Gasteiger partial charge in [0.15, 0.2) is 0 Å². The van der Waals surface area contributed by atoms with E-state index in [1.165, 1.54) is 16.4 Å². The van der Waals surface area contributed by atoms with Gasteiger partial charge in [-0.3, -0.25) is 4.31 Å². The van der Waals surface area contributed by atoms with Crippen LogP contribution >= 0.6 is 0 Å². The summed E-state index contributed by atoms with van der Waals surface area (Å²) in [4.78, 5) is 0.261. The molecule has 1 heterocycles. The van der Waals surface area contributed by atoms with Crippen molar-refractivity contribution in [3.05, 3.63) is 59.9 Å². The average molecular weight is 291 g/mol. The van der Waals surface area contributed by atoms with Crippen molar-refractivity contribution in [1.29, 1.82) is 0 Å². The number of anilines is 1. The Morgan fingerprint density at radius 3 is 2.55 bits per heavy atom. The largest absolute Gasteiger partial charge is 0.266 e. The van der Waals surface area contributed by atoms with E-state index < -0.39 is 10.0 Å². The highest BCUT2D eigenvalue weighted by Gasteiger charge is 2.28. The van der Waals surface area contributed by atoms with Crippen molar-refractivity contribution in [1.82, 2.24) is 0 Å². The van der Waals surface area contributed by atoms with Gasteiger partial charge in [-0.25, -0.2) is 12.8 Å². The molecule has 3 rings (SSSR count). The number of aryl methyl sites for hydroxylation is 1. The predicted octanol–water partition coefficient (Wildman–Crippen LogP) is 2.97. The van der Waals surface area contributed by atoms with Gasteiger partial charge in [-0.15, -0.1) is 0 Å². The lowest BCUT2D eigenvalue weighted by Crippen LogP contribution is -2.35. The van der Waals surface area contributed by atoms with Gasteiger partial charge >= 0.3 is 0 Å². The summed E-state index contributed by atoms with van der Waals surface area (Å²) in [6.07, 6.45) is 1.40. The standard InChI is InChI=1S/C15H14FNO2S/c16-13-8-9-15-12(11-13)5-4-10-17(15)20(18,19)14-6-2-1-3-7-14/h1-3,6-9,11H,4-5,10H2. The van der Waals surface area contributed by atoms with Crippen LogP contribution in [0.25, 0.3) is 0 Å². The number of fused-ring (bicyclic) bond motifs is 1. The third-order valence-electron chi connectivity index (χ3n) is 3.45. The molecule has 20 heavy (non-hydrogen) atoms. The fourth-order valence-corrected chi connectivity index (χ4v) is 4.06. The fourth-order valence-electron chi connectivity index (χ4n) is 2.50. The lowest BCUT2D eigenvalue weighted by molar-refractivity contribution is 0.585. The zero-order valence-corrected chi connectivity index (χ0v) is 11.6. The van der Waals surface area contributed by atoms with Crippen LogP contribution in [-0.2, 0) is 16.4 Å². The van der Waals surface area contributed by atoms with E-state index in [4.69, 9.17) is 0 Å². The second-order valence-corrected chi connectivity index (χ2v) is 6.63. The van der Waals surface area contributed by atoms with E-state index in [-0.39, 0.29) is 10.7 Å². The molecule has 0 aliphatic carbocycles. The second-order valence-electron chi connectivity index (χ2n) is 4.77.